The van der Waals surface area contributed by atoms with Gasteiger partial charge in [0.05, 0.1) is 6.21 Å². The lowest BCUT2D eigenvalue weighted by Gasteiger charge is -2.05. The number of aromatic hydroxyl groups is 1. The second kappa shape index (κ2) is 8.03. The van der Waals surface area contributed by atoms with Crippen LogP contribution in [0.4, 0.5) is 5.95 Å². The minimum atomic E-state index is -0.569. The van der Waals surface area contributed by atoms with E-state index >= 15 is 0 Å². The third kappa shape index (κ3) is 4.02. The zero-order chi connectivity index (χ0) is 20.4. The first-order valence-corrected chi connectivity index (χ1v) is 9.24. The van der Waals surface area contributed by atoms with Gasteiger partial charge in [0.15, 0.2) is 11.2 Å². The largest absolute Gasteiger partial charge is 0.507 e. The number of aryl methyl sites for hydroxylation is 1. The van der Waals surface area contributed by atoms with Crippen molar-refractivity contribution in [2.45, 2.75) is 13.5 Å². The molecule has 0 saturated carbocycles. The monoisotopic (exact) mass is 466 g/mol. The van der Waals surface area contributed by atoms with Crippen LogP contribution in [0.25, 0.3) is 11.2 Å². The van der Waals surface area contributed by atoms with Crippen molar-refractivity contribution < 1.29 is 5.11 Å². The van der Waals surface area contributed by atoms with Crippen LogP contribution in [-0.2, 0) is 13.6 Å². The molecule has 0 bridgehead atoms. The summed E-state index contributed by atoms with van der Waals surface area (Å²) in [5.74, 6) is 0.295. The van der Waals surface area contributed by atoms with Gasteiger partial charge in [-0.2, -0.15) is 10.1 Å². The number of hydrazone groups is 1. The lowest BCUT2D eigenvalue weighted by molar-refractivity contribution is 0.474. The molecule has 3 N–H and O–H groups in total. The van der Waals surface area contributed by atoms with E-state index in [1.807, 2.05) is 0 Å². The van der Waals surface area contributed by atoms with Gasteiger partial charge < -0.3 is 5.11 Å². The third-order valence-corrected chi connectivity index (χ3v) is 4.57. The quantitative estimate of drug-likeness (QED) is 0.394. The van der Waals surface area contributed by atoms with Crippen molar-refractivity contribution in [1.29, 1.82) is 0 Å². The molecule has 146 valence electrons. The van der Waals surface area contributed by atoms with Crippen molar-refractivity contribution in [3.05, 3.63) is 60.2 Å². The first-order valence-electron chi connectivity index (χ1n) is 8.07. The molecule has 2 aromatic heterocycles. The number of hydrogen-bond donors (Lipinski definition) is 3. The average molecular weight is 468 g/mol. The molecule has 0 radical (unpaired) electrons. The van der Waals surface area contributed by atoms with Gasteiger partial charge >= 0.3 is 5.69 Å². The summed E-state index contributed by atoms with van der Waals surface area (Å²) in [6.45, 7) is 1.95. The van der Waals surface area contributed by atoms with Crippen molar-refractivity contribution in [3.63, 3.8) is 0 Å². The molecule has 1 aromatic carbocycles. The lowest BCUT2D eigenvalue weighted by atomic mass is 10.2. The number of nitrogens with one attached hydrogen (secondary N) is 2. The van der Waals surface area contributed by atoms with Crippen LogP contribution in [0.3, 0.4) is 0 Å². The van der Waals surface area contributed by atoms with Crippen LogP contribution in [0, 0.1) is 0 Å². The molecule has 0 aliphatic heterocycles. The Labute approximate surface area is 172 Å². The number of fused-ring (bicyclic) bond motifs is 1. The lowest BCUT2D eigenvalue weighted by Crippen LogP contribution is -2.29. The van der Waals surface area contributed by atoms with E-state index in [0.29, 0.717) is 10.6 Å². The summed E-state index contributed by atoms with van der Waals surface area (Å²) in [4.78, 5) is 30.7. The Kier molecular flexibility index (Phi) is 5.71. The Balaban J connectivity index is 2.06. The highest BCUT2D eigenvalue weighted by atomic mass is 79.9. The van der Waals surface area contributed by atoms with Gasteiger partial charge in [-0.25, -0.2) is 10.2 Å². The average Bonchev–Trinajstić information content (AvgIpc) is 3.00. The van der Waals surface area contributed by atoms with Crippen LogP contribution in [-0.4, -0.2) is 30.4 Å². The van der Waals surface area contributed by atoms with Crippen LogP contribution >= 0.6 is 27.5 Å². The summed E-state index contributed by atoms with van der Waals surface area (Å²) in [6.07, 6.45) is 3.11. The van der Waals surface area contributed by atoms with Gasteiger partial charge in [-0.05, 0) is 25.1 Å². The van der Waals surface area contributed by atoms with Crippen LogP contribution in [0.5, 0.6) is 5.75 Å². The summed E-state index contributed by atoms with van der Waals surface area (Å²) < 4.78 is 3.57. The molecule has 0 aliphatic rings. The fourth-order valence-electron chi connectivity index (χ4n) is 2.50. The van der Waals surface area contributed by atoms with Crippen molar-refractivity contribution in [2.75, 3.05) is 5.43 Å². The Morgan fingerprint density at radius 3 is 2.93 bits per heavy atom. The minimum absolute atomic E-state index is 0.0572. The van der Waals surface area contributed by atoms with Crippen molar-refractivity contribution in [1.82, 2.24) is 19.1 Å². The molecular formula is C17H16BrClN6O3. The highest BCUT2D eigenvalue weighted by Crippen LogP contribution is 2.20. The normalized spacial score (nSPS) is 12.2. The van der Waals surface area contributed by atoms with Crippen LogP contribution in [0.2, 0.25) is 0 Å². The predicted molar refractivity (Wildman–Crippen MR) is 112 cm³/mol. The second-order valence-electron chi connectivity index (χ2n) is 5.90. The maximum atomic E-state index is 12.3. The first-order chi connectivity index (χ1) is 13.3. The number of halogens is 2. The molecule has 2 heterocycles. The smallest absolute Gasteiger partial charge is 0.329 e. The van der Waals surface area contributed by atoms with E-state index < -0.39 is 11.2 Å². The molecule has 0 aliphatic carbocycles. The van der Waals surface area contributed by atoms with E-state index in [2.05, 4.69) is 36.4 Å². The van der Waals surface area contributed by atoms with Gasteiger partial charge in [0.25, 0.3) is 5.56 Å². The van der Waals surface area contributed by atoms with Gasteiger partial charge in [0, 0.05) is 28.7 Å². The molecule has 3 aromatic rings. The van der Waals surface area contributed by atoms with E-state index in [0.717, 1.165) is 4.47 Å². The summed E-state index contributed by atoms with van der Waals surface area (Å²) in [6, 6.07) is 4.93. The van der Waals surface area contributed by atoms with Gasteiger partial charge in [-0.1, -0.05) is 33.6 Å². The van der Waals surface area contributed by atoms with Gasteiger partial charge in [-0.3, -0.25) is 18.9 Å². The molecule has 0 unspecified atom stereocenters. The highest BCUT2D eigenvalue weighted by molar-refractivity contribution is 9.10. The number of imidazole rings is 1. The second-order valence-corrected chi connectivity index (χ2v) is 7.41. The fraction of sp³-hybridized carbons (Fsp3) is 0.176. The number of aromatic nitrogens is 4. The summed E-state index contributed by atoms with van der Waals surface area (Å²) in [5.41, 5.74) is 2.51. The van der Waals surface area contributed by atoms with E-state index in [1.54, 1.807) is 29.7 Å². The molecule has 0 amide bonds. The van der Waals surface area contributed by atoms with Gasteiger partial charge in [0.1, 0.15) is 5.75 Å². The molecule has 0 atom stereocenters. The number of benzene rings is 1. The Morgan fingerprint density at radius 1 is 1.46 bits per heavy atom. The maximum Gasteiger partial charge on any atom is 0.329 e. The fourth-order valence-corrected chi connectivity index (χ4v) is 2.95. The summed E-state index contributed by atoms with van der Waals surface area (Å²) in [7, 11) is 1.51. The molecule has 11 heteroatoms. The number of hydrogen-bond acceptors (Lipinski definition) is 6. The third-order valence-electron chi connectivity index (χ3n) is 3.92. The molecule has 0 spiro atoms. The molecule has 9 nitrogen and oxygen atoms in total. The maximum absolute atomic E-state index is 12.3. The Bertz CT molecular complexity index is 1220. The van der Waals surface area contributed by atoms with Crippen LogP contribution in [0.15, 0.2) is 48.5 Å². The number of nitrogens with zero attached hydrogens (tertiary/aromatic N) is 4. The molecule has 0 fully saturated rings. The van der Waals surface area contributed by atoms with E-state index in [-0.39, 0.29) is 29.4 Å². The number of rotatable bonds is 5. The van der Waals surface area contributed by atoms with Crippen LogP contribution in [0.1, 0.15) is 12.5 Å². The van der Waals surface area contributed by atoms with E-state index in [1.165, 1.54) is 23.9 Å². The summed E-state index contributed by atoms with van der Waals surface area (Å²) in [5, 5.41) is 14.5. The topological polar surface area (TPSA) is 117 Å². The molecule has 3 rings (SSSR count). The van der Waals surface area contributed by atoms with Gasteiger partial charge in [-0.15, -0.1) is 0 Å². The van der Waals surface area contributed by atoms with E-state index in [9.17, 15) is 14.7 Å². The Morgan fingerprint density at radius 2 is 2.21 bits per heavy atom. The van der Waals surface area contributed by atoms with E-state index in [4.69, 9.17) is 11.6 Å². The molecule has 0 saturated heterocycles. The van der Waals surface area contributed by atoms with Gasteiger partial charge in [0.2, 0.25) is 5.95 Å². The number of anilines is 1. The first kappa shape index (κ1) is 19.9. The van der Waals surface area contributed by atoms with Crippen LogP contribution < -0.4 is 16.7 Å². The Hall–Kier alpha value is -2.85. The number of phenolic OH excluding ortho intramolecular Hbond substituents is 1. The van der Waals surface area contributed by atoms with Crippen molar-refractivity contribution >= 4 is 50.9 Å². The highest BCUT2D eigenvalue weighted by Gasteiger charge is 2.16. The molecular weight excluding hydrogens is 452 g/mol. The number of phenols is 1. The van der Waals surface area contributed by atoms with Crippen molar-refractivity contribution in [3.8, 4) is 5.75 Å². The standard InChI is InChI=1S/C17H16BrClN6O3/c1-9(19)5-6-25-13-14(24(2)17(28)22-15(13)27)21-16(25)23-20-8-10-7-11(18)3-4-12(10)26/h3-5,7-8,26H,6H2,1-2H3,(H,21,23)(H,22,27,28)/b9-5-,20-8+. The predicted octanol–water partition coefficient (Wildman–Crippen LogP) is 2.48. The zero-order valence-electron chi connectivity index (χ0n) is 14.9. The molecule has 28 heavy (non-hydrogen) atoms. The van der Waals surface area contributed by atoms with Crippen molar-refractivity contribution in [2.24, 2.45) is 12.1 Å². The number of H-pyrrole nitrogens is 1. The zero-order valence-corrected chi connectivity index (χ0v) is 17.2. The SMILES string of the molecule is C/C(Cl)=C/Cn1c(N/N=C/c2cc(Br)ccc2O)nc2c1c(=O)[nH]c(=O)n2C. The minimum Gasteiger partial charge on any atom is -0.507 e. The number of allylic oxidation sites excluding steroid dienone is 2. The summed E-state index contributed by atoms with van der Waals surface area (Å²) >= 11 is 9.24. The number of aromatic amines is 1.